The minimum atomic E-state index is 0.227. The lowest BCUT2D eigenvalue weighted by molar-refractivity contribution is 0.0984. The predicted molar refractivity (Wildman–Crippen MR) is 137 cm³/mol. The van der Waals surface area contributed by atoms with Gasteiger partial charge in [-0.15, -0.1) is 10.2 Å². The fraction of sp³-hybridized carbons (Fsp3) is 0.389. The van der Waals surface area contributed by atoms with E-state index in [-0.39, 0.29) is 6.04 Å². The van der Waals surface area contributed by atoms with E-state index in [4.69, 9.17) is 14.8 Å². The van der Waals surface area contributed by atoms with Crippen LogP contribution >= 0.6 is 51.0 Å². The van der Waals surface area contributed by atoms with Crippen molar-refractivity contribution in [1.29, 1.82) is 0 Å². The van der Waals surface area contributed by atoms with Crippen LogP contribution < -0.4 is 4.90 Å². The van der Waals surface area contributed by atoms with Gasteiger partial charge < -0.3 is 9.64 Å². The molecule has 10 nitrogen and oxygen atoms in total. The Labute approximate surface area is 207 Å². The van der Waals surface area contributed by atoms with Gasteiger partial charge in [-0.2, -0.15) is 5.10 Å². The maximum absolute atomic E-state index is 5.65. The molecule has 2 atom stereocenters. The molecule has 162 valence electrons. The molecule has 1 fully saturated rings. The van der Waals surface area contributed by atoms with Crippen molar-refractivity contribution in [3.63, 3.8) is 0 Å². The van der Waals surface area contributed by atoms with Gasteiger partial charge in [-0.25, -0.2) is 18.6 Å². The number of hydrogen-bond donors (Lipinski definition) is 0. The first-order valence-electron chi connectivity index (χ1n) is 9.71. The lowest BCUT2D eigenvalue weighted by Gasteiger charge is -2.34. The molecule has 0 aromatic carbocycles. The second kappa shape index (κ2) is 8.52. The third kappa shape index (κ3) is 3.64. The first kappa shape index (κ1) is 21.5. The Kier molecular flexibility index (Phi) is 5.90. The molecule has 0 spiro atoms. The summed E-state index contributed by atoms with van der Waals surface area (Å²) < 4.78 is 12.2. The van der Waals surface area contributed by atoms with E-state index in [0.29, 0.717) is 19.6 Å². The summed E-state index contributed by atoms with van der Waals surface area (Å²) in [5.74, 6) is 1.66. The van der Waals surface area contributed by atoms with Gasteiger partial charge in [0.05, 0.1) is 43.2 Å². The largest absolute Gasteiger partial charge is 0.377 e. The third-order valence-electron chi connectivity index (χ3n) is 5.41. The topological polar surface area (TPSA) is 91.2 Å². The maximum atomic E-state index is 5.65. The maximum Gasteiger partial charge on any atom is 0.181 e. The summed E-state index contributed by atoms with van der Waals surface area (Å²) in [5.41, 5.74) is 4.73. The summed E-state index contributed by atoms with van der Waals surface area (Å²) in [5, 5.41) is 18.0. The van der Waals surface area contributed by atoms with Gasteiger partial charge in [0.1, 0.15) is 14.9 Å². The van der Waals surface area contributed by atoms with Crippen LogP contribution in [0, 0.1) is 10.6 Å². The summed E-state index contributed by atoms with van der Waals surface area (Å²) >= 11 is 4.62. The van der Waals surface area contributed by atoms with Crippen molar-refractivity contribution in [3.8, 4) is 22.8 Å². The van der Waals surface area contributed by atoms with Crippen LogP contribution in [0.15, 0.2) is 18.3 Å². The molecule has 1 aliphatic rings. The number of aromatic nitrogens is 8. The molecule has 1 unspecified atom stereocenters. The van der Waals surface area contributed by atoms with Crippen LogP contribution in [0.3, 0.4) is 0 Å². The van der Waals surface area contributed by atoms with E-state index in [1.165, 1.54) is 0 Å². The molecule has 13 heteroatoms. The highest BCUT2D eigenvalue weighted by Gasteiger charge is 2.27. The van der Waals surface area contributed by atoms with E-state index >= 15 is 0 Å². The van der Waals surface area contributed by atoms with Crippen molar-refractivity contribution in [2.45, 2.75) is 19.9 Å². The summed E-state index contributed by atoms with van der Waals surface area (Å²) in [6.07, 6.45) is 2.27. The minimum Gasteiger partial charge on any atom is -0.377 e. The van der Waals surface area contributed by atoms with E-state index in [0.717, 1.165) is 50.0 Å². The van der Waals surface area contributed by atoms with Gasteiger partial charge in [0.15, 0.2) is 11.6 Å². The SMILES string of the molecule is Cc1nnn(C)c1-c1cc(N2CCOC[C@H]2C)nn2c(-c3ccnn3PI)nc(I)c12. The fourth-order valence-electron chi connectivity index (χ4n) is 3.96. The van der Waals surface area contributed by atoms with Gasteiger partial charge in [0, 0.05) is 19.2 Å². The number of rotatable bonds is 4. The Hall–Kier alpha value is -1.38. The van der Waals surface area contributed by atoms with E-state index in [1.807, 2.05) is 33.7 Å². The zero-order valence-corrected chi connectivity index (χ0v) is 22.4. The molecular formula is C18H20I2N9OP. The number of aryl methyl sites for hydroxylation is 2. The molecule has 4 aromatic rings. The van der Waals surface area contributed by atoms with Crippen LogP contribution in [0.4, 0.5) is 5.82 Å². The number of halogens is 2. The first-order valence-corrected chi connectivity index (χ1v) is 14.8. The molecule has 5 rings (SSSR count). The highest BCUT2D eigenvalue weighted by molar-refractivity contribution is 14.2. The number of nitrogens with zero attached hydrogens (tertiary/aromatic N) is 9. The van der Waals surface area contributed by atoms with Crippen molar-refractivity contribution in [2.24, 2.45) is 7.05 Å². The smallest absolute Gasteiger partial charge is 0.181 e. The van der Waals surface area contributed by atoms with Gasteiger partial charge in [0.2, 0.25) is 0 Å². The number of hydrogen-bond acceptors (Lipinski definition) is 7. The Morgan fingerprint density at radius 2 is 2.16 bits per heavy atom. The van der Waals surface area contributed by atoms with E-state index in [1.54, 1.807) is 6.20 Å². The van der Waals surface area contributed by atoms with Crippen LogP contribution in [0.25, 0.3) is 28.3 Å². The van der Waals surface area contributed by atoms with Crippen molar-refractivity contribution >= 4 is 62.3 Å². The van der Waals surface area contributed by atoms with Crippen LogP contribution in [-0.2, 0) is 11.8 Å². The second-order valence-corrected chi connectivity index (χ2v) is 10.4. The van der Waals surface area contributed by atoms with Crippen LogP contribution in [0.5, 0.6) is 0 Å². The average Bonchev–Trinajstić information content (AvgIpc) is 3.45. The molecule has 0 amide bonds. The number of fused-ring (bicyclic) bond motifs is 1. The van der Waals surface area contributed by atoms with Gasteiger partial charge in [-0.1, -0.05) is 5.21 Å². The van der Waals surface area contributed by atoms with Crippen molar-refractivity contribution in [1.82, 2.24) is 39.1 Å². The summed E-state index contributed by atoms with van der Waals surface area (Å²) in [6.45, 7) is 6.29. The Bertz CT molecular complexity index is 1250. The average molecular weight is 663 g/mol. The first-order chi connectivity index (χ1) is 15.0. The van der Waals surface area contributed by atoms with Gasteiger partial charge in [0.25, 0.3) is 0 Å². The van der Waals surface area contributed by atoms with Crippen molar-refractivity contribution in [2.75, 3.05) is 24.7 Å². The molecule has 0 radical (unpaired) electrons. The molecule has 4 aromatic heterocycles. The molecule has 0 aliphatic carbocycles. The number of morpholine rings is 1. The zero-order valence-electron chi connectivity index (χ0n) is 17.1. The van der Waals surface area contributed by atoms with E-state index in [9.17, 15) is 0 Å². The second-order valence-electron chi connectivity index (χ2n) is 7.38. The summed E-state index contributed by atoms with van der Waals surface area (Å²) in [7, 11) is 1.92. The molecule has 0 N–H and O–H groups in total. The predicted octanol–water partition coefficient (Wildman–Crippen LogP) is 3.32. The molecule has 1 aliphatic heterocycles. The Morgan fingerprint density at radius 1 is 1.32 bits per heavy atom. The summed E-state index contributed by atoms with van der Waals surface area (Å²) in [6, 6.07) is 4.34. The minimum absolute atomic E-state index is 0.227. The number of anilines is 1. The fourth-order valence-corrected chi connectivity index (χ4v) is 6.24. The van der Waals surface area contributed by atoms with Crippen LogP contribution in [0.1, 0.15) is 12.6 Å². The molecule has 0 bridgehead atoms. The zero-order chi connectivity index (χ0) is 21.7. The highest BCUT2D eigenvalue weighted by atomic mass is 127. The third-order valence-corrected chi connectivity index (χ3v) is 8.05. The van der Waals surface area contributed by atoms with Gasteiger partial charge >= 0.3 is 0 Å². The summed E-state index contributed by atoms with van der Waals surface area (Å²) in [4.78, 5) is 7.20. The van der Waals surface area contributed by atoms with Crippen molar-refractivity contribution < 1.29 is 4.74 Å². The van der Waals surface area contributed by atoms with E-state index in [2.05, 4.69) is 77.9 Å². The highest BCUT2D eigenvalue weighted by Crippen LogP contribution is 2.36. The lowest BCUT2D eigenvalue weighted by Crippen LogP contribution is -2.44. The van der Waals surface area contributed by atoms with Gasteiger partial charge in [-0.05, 0) is 70.6 Å². The van der Waals surface area contributed by atoms with Crippen molar-refractivity contribution in [3.05, 3.63) is 27.7 Å². The van der Waals surface area contributed by atoms with Gasteiger partial charge in [-0.3, -0.25) is 0 Å². The number of imidazole rings is 1. The Morgan fingerprint density at radius 3 is 2.87 bits per heavy atom. The molecule has 0 saturated carbocycles. The Balaban J connectivity index is 1.83. The molecular weight excluding hydrogens is 643 g/mol. The quantitative estimate of drug-likeness (QED) is 0.245. The molecule has 1 saturated heterocycles. The van der Waals surface area contributed by atoms with Crippen LogP contribution in [0.2, 0.25) is 0 Å². The molecule has 5 heterocycles. The van der Waals surface area contributed by atoms with E-state index < -0.39 is 0 Å². The lowest BCUT2D eigenvalue weighted by atomic mass is 10.1. The van der Waals surface area contributed by atoms with Crippen LogP contribution in [-0.4, -0.2) is 64.9 Å². The standard InChI is InChI=1S/C18H20I2N9OP/c1-10-9-30-7-6-27(10)14-8-12(15-11(2)23-25-26(15)3)16-17(19)22-18(28(16)24-14)13-4-5-21-29(13)31-20/h4-5,8,10,31H,6-7,9H2,1-3H3/t10-/m1/s1. The monoisotopic (exact) mass is 663 g/mol. The molecule has 31 heavy (non-hydrogen) atoms. The normalized spacial score (nSPS) is 17.5. The number of ether oxygens (including phenoxy) is 1.